The van der Waals surface area contributed by atoms with E-state index in [1.165, 1.54) is 18.2 Å². The predicted octanol–water partition coefficient (Wildman–Crippen LogP) is 3.34. The minimum absolute atomic E-state index is 0.112. The first-order chi connectivity index (χ1) is 9.96. The molecule has 1 heterocycles. The molecule has 0 bridgehead atoms. The van der Waals surface area contributed by atoms with E-state index in [9.17, 15) is 12.8 Å². The SMILES string of the molecule is Cc1ccc2c(c1)S(=O)(=O)C(COc1cccc(F)c1)=C2. The number of sulfone groups is 1. The molecule has 0 spiro atoms. The van der Waals surface area contributed by atoms with Crippen LogP contribution in [-0.2, 0) is 9.84 Å². The molecule has 0 aromatic heterocycles. The molecule has 0 N–H and O–H groups in total. The number of hydrogen-bond acceptors (Lipinski definition) is 3. The van der Waals surface area contributed by atoms with Crippen molar-refractivity contribution in [2.45, 2.75) is 11.8 Å². The molecule has 5 heteroatoms. The molecule has 1 aliphatic heterocycles. The van der Waals surface area contributed by atoms with Crippen molar-refractivity contribution in [3.63, 3.8) is 0 Å². The van der Waals surface area contributed by atoms with Crippen molar-refractivity contribution in [2.24, 2.45) is 0 Å². The summed E-state index contributed by atoms with van der Waals surface area (Å²) in [5, 5.41) is 0. The van der Waals surface area contributed by atoms with Gasteiger partial charge in [0.05, 0.1) is 9.80 Å². The van der Waals surface area contributed by atoms with Crippen molar-refractivity contribution >= 4 is 15.9 Å². The minimum atomic E-state index is -3.51. The first kappa shape index (κ1) is 13.8. The highest BCUT2D eigenvalue weighted by atomic mass is 32.2. The smallest absolute Gasteiger partial charge is 0.206 e. The Hall–Kier alpha value is -2.14. The Bertz CT molecular complexity index is 838. The monoisotopic (exact) mass is 304 g/mol. The average molecular weight is 304 g/mol. The highest BCUT2D eigenvalue weighted by molar-refractivity contribution is 7.95. The third kappa shape index (κ3) is 2.56. The molecule has 108 valence electrons. The van der Waals surface area contributed by atoms with E-state index in [2.05, 4.69) is 0 Å². The van der Waals surface area contributed by atoms with Crippen LogP contribution in [0.2, 0.25) is 0 Å². The molecule has 0 amide bonds. The van der Waals surface area contributed by atoms with Gasteiger partial charge >= 0.3 is 0 Å². The second kappa shape index (κ2) is 5.00. The van der Waals surface area contributed by atoms with E-state index in [1.807, 2.05) is 13.0 Å². The first-order valence-corrected chi connectivity index (χ1v) is 7.90. The molecule has 3 rings (SSSR count). The fourth-order valence-corrected chi connectivity index (χ4v) is 3.77. The topological polar surface area (TPSA) is 43.4 Å². The van der Waals surface area contributed by atoms with Crippen molar-refractivity contribution in [3.05, 3.63) is 64.3 Å². The molecular weight excluding hydrogens is 291 g/mol. The summed E-state index contributed by atoms with van der Waals surface area (Å²) in [4.78, 5) is 0.493. The fraction of sp³-hybridized carbons (Fsp3) is 0.125. The maximum absolute atomic E-state index is 13.1. The van der Waals surface area contributed by atoms with E-state index >= 15 is 0 Å². The van der Waals surface area contributed by atoms with Crippen molar-refractivity contribution in [1.82, 2.24) is 0 Å². The summed E-state index contributed by atoms with van der Waals surface area (Å²) in [6.07, 6.45) is 1.60. The van der Waals surface area contributed by atoms with Gasteiger partial charge in [-0.3, -0.25) is 0 Å². The van der Waals surface area contributed by atoms with Gasteiger partial charge in [0.2, 0.25) is 9.84 Å². The Labute approximate surface area is 122 Å². The number of aryl methyl sites for hydroxylation is 1. The Morgan fingerprint density at radius 2 is 1.95 bits per heavy atom. The van der Waals surface area contributed by atoms with Crippen molar-refractivity contribution in [1.29, 1.82) is 0 Å². The van der Waals surface area contributed by atoms with E-state index in [-0.39, 0.29) is 11.5 Å². The highest BCUT2D eigenvalue weighted by Gasteiger charge is 2.29. The molecule has 0 saturated heterocycles. The van der Waals surface area contributed by atoms with Gasteiger partial charge in [0.25, 0.3) is 0 Å². The molecule has 0 unspecified atom stereocenters. The van der Waals surface area contributed by atoms with Gasteiger partial charge in [-0.05, 0) is 42.3 Å². The Morgan fingerprint density at radius 3 is 2.71 bits per heavy atom. The highest BCUT2D eigenvalue weighted by Crippen LogP contribution is 2.33. The van der Waals surface area contributed by atoms with Crippen molar-refractivity contribution in [3.8, 4) is 5.75 Å². The lowest BCUT2D eigenvalue weighted by atomic mass is 10.1. The van der Waals surface area contributed by atoms with Crippen LogP contribution in [0.15, 0.2) is 52.3 Å². The maximum atomic E-state index is 13.1. The van der Waals surface area contributed by atoms with Crippen molar-refractivity contribution in [2.75, 3.05) is 6.61 Å². The van der Waals surface area contributed by atoms with Crippen LogP contribution in [0.1, 0.15) is 11.1 Å². The van der Waals surface area contributed by atoms with Crippen LogP contribution in [0.3, 0.4) is 0 Å². The van der Waals surface area contributed by atoms with E-state index in [4.69, 9.17) is 4.74 Å². The molecule has 0 aliphatic carbocycles. The van der Waals surface area contributed by atoms with Crippen LogP contribution >= 0.6 is 0 Å². The number of fused-ring (bicyclic) bond motifs is 1. The molecule has 2 aromatic carbocycles. The third-order valence-electron chi connectivity index (χ3n) is 3.30. The van der Waals surface area contributed by atoms with Crippen LogP contribution in [-0.4, -0.2) is 15.0 Å². The number of rotatable bonds is 3. The molecule has 21 heavy (non-hydrogen) atoms. The normalized spacial score (nSPS) is 15.4. The number of hydrogen-bond donors (Lipinski definition) is 0. The standard InChI is InChI=1S/C16H13FO3S/c1-11-5-6-12-8-15(21(18,19)16(12)7-11)10-20-14-4-2-3-13(17)9-14/h2-9H,10H2,1H3. The molecule has 2 aromatic rings. The summed E-state index contributed by atoms with van der Waals surface area (Å²) in [6.45, 7) is 1.73. The van der Waals surface area contributed by atoms with Gasteiger partial charge in [-0.25, -0.2) is 12.8 Å². The molecule has 0 saturated carbocycles. The lowest BCUT2D eigenvalue weighted by Gasteiger charge is -2.07. The number of benzene rings is 2. The van der Waals surface area contributed by atoms with Crippen LogP contribution < -0.4 is 4.74 Å². The van der Waals surface area contributed by atoms with Gasteiger partial charge in [-0.15, -0.1) is 0 Å². The Balaban J connectivity index is 1.85. The largest absolute Gasteiger partial charge is 0.488 e. The fourth-order valence-electron chi connectivity index (χ4n) is 2.22. The zero-order valence-electron chi connectivity index (χ0n) is 11.3. The summed E-state index contributed by atoms with van der Waals surface area (Å²) in [5.41, 5.74) is 1.55. The van der Waals surface area contributed by atoms with E-state index in [0.717, 1.165) is 5.56 Å². The lowest BCUT2D eigenvalue weighted by molar-refractivity contribution is 0.357. The number of halogens is 1. The van der Waals surface area contributed by atoms with Gasteiger partial charge in [0.1, 0.15) is 18.2 Å². The summed E-state index contributed by atoms with van der Waals surface area (Å²) in [5.74, 6) is -0.118. The molecule has 1 aliphatic rings. The lowest BCUT2D eigenvalue weighted by Crippen LogP contribution is -2.09. The van der Waals surface area contributed by atoms with E-state index in [1.54, 1.807) is 24.3 Å². The quantitative estimate of drug-likeness (QED) is 0.873. The Kier molecular flexibility index (Phi) is 3.29. The zero-order chi connectivity index (χ0) is 15.0. The van der Waals surface area contributed by atoms with Gasteiger partial charge in [-0.2, -0.15) is 0 Å². The second-order valence-electron chi connectivity index (χ2n) is 4.90. The predicted molar refractivity (Wildman–Crippen MR) is 78.2 cm³/mol. The molecule has 0 fully saturated rings. The molecule has 0 atom stereocenters. The van der Waals surface area contributed by atoms with E-state index in [0.29, 0.717) is 16.2 Å². The van der Waals surface area contributed by atoms with Crippen LogP contribution in [0.25, 0.3) is 6.08 Å². The minimum Gasteiger partial charge on any atom is -0.488 e. The first-order valence-electron chi connectivity index (χ1n) is 6.41. The summed E-state index contributed by atoms with van der Waals surface area (Å²) in [7, 11) is -3.51. The van der Waals surface area contributed by atoms with Crippen LogP contribution in [0, 0.1) is 12.7 Å². The molecule has 3 nitrogen and oxygen atoms in total. The van der Waals surface area contributed by atoms with E-state index < -0.39 is 15.7 Å². The van der Waals surface area contributed by atoms with Gasteiger partial charge in [-0.1, -0.05) is 18.2 Å². The second-order valence-corrected chi connectivity index (χ2v) is 6.87. The average Bonchev–Trinajstić information content (AvgIpc) is 2.68. The summed E-state index contributed by atoms with van der Waals surface area (Å²) in [6, 6.07) is 10.9. The van der Waals surface area contributed by atoms with Gasteiger partial charge < -0.3 is 4.74 Å². The van der Waals surface area contributed by atoms with Crippen LogP contribution in [0.5, 0.6) is 5.75 Å². The number of ether oxygens (including phenoxy) is 1. The Morgan fingerprint density at radius 1 is 1.14 bits per heavy atom. The van der Waals surface area contributed by atoms with Crippen molar-refractivity contribution < 1.29 is 17.5 Å². The third-order valence-corrected chi connectivity index (χ3v) is 5.16. The zero-order valence-corrected chi connectivity index (χ0v) is 12.2. The van der Waals surface area contributed by atoms with Gasteiger partial charge in [0, 0.05) is 6.07 Å². The molecule has 0 radical (unpaired) electrons. The maximum Gasteiger partial charge on any atom is 0.206 e. The summed E-state index contributed by atoms with van der Waals surface area (Å²) < 4.78 is 43.3. The molecular formula is C16H13FO3S. The van der Waals surface area contributed by atoms with Crippen LogP contribution in [0.4, 0.5) is 4.39 Å². The summed E-state index contributed by atoms with van der Waals surface area (Å²) >= 11 is 0. The van der Waals surface area contributed by atoms with Gasteiger partial charge in [0.15, 0.2) is 0 Å².